The smallest absolute Gasteiger partial charge is 0.309 e. The normalized spacial score (nSPS) is 58.1. The van der Waals surface area contributed by atoms with Crippen molar-refractivity contribution in [2.24, 2.45) is 23.7 Å². The minimum atomic E-state index is -1.12. The third-order valence-electron chi connectivity index (χ3n) is 9.25. The summed E-state index contributed by atoms with van der Waals surface area (Å²) in [5.74, 6) is -0.910. The standard InChI is InChI=1S/C22H31NO6/c1-4-13-17-16(12(3)19(25)28-17)21-10-14(15-9-11(2)18(24)27-15)23-8-6-5-7-20(13,29-21)22(21,23)26/h11-17,26H,4-10H2,1-3H3/t11-,12-,13-,14-,15-,16-,17-,20+,21-,22-/m0/s1. The molecule has 6 saturated heterocycles. The van der Waals surface area contributed by atoms with Gasteiger partial charge in [-0.2, -0.15) is 0 Å². The van der Waals surface area contributed by atoms with Gasteiger partial charge in [-0.3, -0.25) is 14.5 Å². The highest BCUT2D eigenvalue weighted by atomic mass is 16.6. The number of hydrogen-bond donors (Lipinski definition) is 1. The molecule has 6 aliphatic heterocycles. The van der Waals surface area contributed by atoms with Crippen molar-refractivity contribution in [2.45, 2.75) is 94.5 Å². The third-order valence-corrected chi connectivity index (χ3v) is 9.25. The van der Waals surface area contributed by atoms with Gasteiger partial charge in [0.2, 0.25) is 0 Å². The van der Waals surface area contributed by atoms with Gasteiger partial charge in [-0.1, -0.05) is 20.8 Å². The lowest BCUT2D eigenvalue weighted by molar-refractivity contribution is -0.487. The van der Waals surface area contributed by atoms with Crippen LogP contribution in [0.3, 0.4) is 0 Å². The van der Waals surface area contributed by atoms with Gasteiger partial charge in [0.1, 0.15) is 23.4 Å². The Morgan fingerprint density at radius 2 is 1.93 bits per heavy atom. The summed E-state index contributed by atoms with van der Waals surface area (Å²) in [4.78, 5) is 27.0. The van der Waals surface area contributed by atoms with Gasteiger partial charge in [-0.05, 0) is 32.1 Å². The van der Waals surface area contributed by atoms with E-state index >= 15 is 0 Å². The fraction of sp³-hybridized carbons (Fsp3) is 0.909. The first-order valence-corrected chi connectivity index (χ1v) is 11.4. The van der Waals surface area contributed by atoms with Crippen LogP contribution in [0.2, 0.25) is 0 Å². The summed E-state index contributed by atoms with van der Waals surface area (Å²) >= 11 is 0. The van der Waals surface area contributed by atoms with E-state index in [1.165, 1.54) is 0 Å². The molecule has 7 aliphatic rings. The molecule has 7 rings (SSSR count). The molecule has 0 aromatic rings. The van der Waals surface area contributed by atoms with Gasteiger partial charge in [-0.15, -0.1) is 0 Å². The second-order valence-corrected chi connectivity index (χ2v) is 10.3. The van der Waals surface area contributed by atoms with E-state index < -0.39 is 16.9 Å². The average Bonchev–Trinajstić information content (AvgIpc) is 3.21. The predicted molar refractivity (Wildman–Crippen MR) is 100 cm³/mol. The highest BCUT2D eigenvalue weighted by molar-refractivity contribution is 5.76. The van der Waals surface area contributed by atoms with Crippen molar-refractivity contribution in [1.29, 1.82) is 0 Å². The second-order valence-electron chi connectivity index (χ2n) is 10.3. The van der Waals surface area contributed by atoms with E-state index in [9.17, 15) is 14.7 Å². The third kappa shape index (κ3) is 1.80. The van der Waals surface area contributed by atoms with Crippen LogP contribution < -0.4 is 0 Å². The fourth-order valence-electron chi connectivity index (χ4n) is 8.19. The molecule has 0 radical (unpaired) electrons. The topological polar surface area (TPSA) is 85.3 Å². The highest BCUT2D eigenvalue weighted by Crippen LogP contribution is 2.75. The summed E-state index contributed by atoms with van der Waals surface area (Å²) in [6.07, 6.45) is 4.38. The Morgan fingerprint density at radius 3 is 2.62 bits per heavy atom. The first-order valence-electron chi connectivity index (χ1n) is 11.4. The van der Waals surface area contributed by atoms with Crippen molar-refractivity contribution in [3.63, 3.8) is 0 Å². The van der Waals surface area contributed by atoms with Crippen LogP contribution in [-0.4, -0.2) is 63.7 Å². The van der Waals surface area contributed by atoms with Crippen LogP contribution >= 0.6 is 0 Å². The predicted octanol–water partition coefficient (Wildman–Crippen LogP) is 1.61. The van der Waals surface area contributed by atoms with Crippen molar-refractivity contribution >= 4 is 11.9 Å². The van der Waals surface area contributed by atoms with E-state index in [0.29, 0.717) is 12.8 Å². The van der Waals surface area contributed by atoms with E-state index in [0.717, 1.165) is 32.2 Å². The average molecular weight is 405 g/mol. The van der Waals surface area contributed by atoms with Crippen molar-refractivity contribution in [3.05, 3.63) is 0 Å². The second kappa shape index (κ2) is 5.54. The largest absolute Gasteiger partial charge is 0.461 e. The molecule has 160 valence electrons. The van der Waals surface area contributed by atoms with Crippen molar-refractivity contribution in [2.75, 3.05) is 6.54 Å². The highest BCUT2D eigenvalue weighted by Gasteiger charge is 2.91. The molecule has 1 aliphatic carbocycles. The summed E-state index contributed by atoms with van der Waals surface area (Å²) in [6.45, 7) is 6.70. The molecule has 0 aromatic heterocycles. The number of rotatable bonds is 2. The molecule has 7 heteroatoms. The first-order chi connectivity index (χ1) is 13.8. The maximum atomic E-state index is 12.6. The minimum Gasteiger partial charge on any atom is -0.461 e. The quantitative estimate of drug-likeness (QED) is 0.699. The Hall–Kier alpha value is -1.18. The maximum absolute atomic E-state index is 12.6. The fourth-order valence-corrected chi connectivity index (χ4v) is 8.19. The summed E-state index contributed by atoms with van der Waals surface area (Å²) < 4.78 is 18.5. The Balaban J connectivity index is 1.49. The van der Waals surface area contributed by atoms with Crippen LogP contribution in [0.5, 0.6) is 0 Å². The molecule has 7 fully saturated rings. The van der Waals surface area contributed by atoms with Gasteiger partial charge in [0, 0.05) is 24.8 Å². The van der Waals surface area contributed by atoms with Crippen LogP contribution in [0.15, 0.2) is 0 Å². The SMILES string of the molecule is CC[C@H]1[C@@H]2OC(=O)[C@@H](C)[C@@H]2[C@]23C[C@@H]([C@@H]4C[C@H](C)C(=O)O4)N4CCCC[C@]1(O2)[C@@]43O. The lowest BCUT2D eigenvalue weighted by Gasteiger charge is -2.75. The number of carbonyl (C=O) groups is 2. The van der Waals surface area contributed by atoms with Crippen LogP contribution in [0.1, 0.15) is 59.3 Å². The van der Waals surface area contributed by atoms with E-state index in [1.807, 2.05) is 13.8 Å². The number of cyclic esters (lactones) is 1. The van der Waals surface area contributed by atoms with Gasteiger partial charge in [0.15, 0.2) is 5.72 Å². The van der Waals surface area contributed by atoms with Crippen molar-refractivity contribution < 1.29 is 28.9 Å². The number of esters is 2. The molecule has 29 heavy (non-hydrogen) atoms. The van der Waals surface area contributed by atoms with Gasteiger partial charge in [-0.25, -0.2) is 0 Å². The minimum absolute atomic E-state index is 0.0160. The lowest BCUT2D eigenvalue weighted by Crippen LogP contribution is -2.92. The number of aliphatic hydroxyl groups is 1. The zero-order valence-corrected chi connectivity index (χ0v) is 17.4. The van der Waals surface area contributed by atoms with Crippen LogP contribution in [-0.2, 0) is 23.8 Å². The van der Waals surface area contributed by atoms with E-state index in [-0.39, 0.29) is 53.9 Å². The number of hydrogen-bond acceptors (Lipinski definition) is 7. The van der Waals surface area contributed by atoms with Crippen LogP contribution in [0.25, 0.3) is 0 Å². The van der Waals surface area contributed by atoms with Gasteiger partial charge in [0.25, 0.3) is 0 Å². The Bertz CT molecular complexity index is 787. The molecule has 6 heterocycles. The molecule has 0 amide bonds. The number of carbonyl (C=O) groups excluding carboxylic acids is 2. The Labute approximate surface area is 171 Å². The summed E-state index contributed by atoms with van der Waals surface area (Å²) in [5.41, 5.74) is -2.64. The summed E-state index contributed by atoms with van der Waals surface area (Å²) in [6, 6.07) is -0.0759. The van der Waals surface area contributed by atoms with E-state index in [2.05, 4.69) is 11.8 Å². The maximum Gasteiger partial charge on any atom is 0.309 e. The molecule has 7 nitrogen and oxygen atoms in total. The summed E-state index contributed by atoms with van der Waals surface area (Å²) in [5, 5.41) is 12.5. The van der Waals surface area contributed by atoms with E-state index in [4.69, 9.17) is 14.2 Å². The van der Waals surface area contributed by atoms with Crippen molar-refractivity contribution in [1.82, 2.24) is 4.90 Å². The molecule has 2 spiro atoms. The van der Waals surface area contributed by atoms with Crippen molar-refractivity contribution in [3.8, 4) is 0 Å². The van der Waals surface area contributed by atoms with Crippen LogP contribution in [0, 0.1) is 23.7 Å². The van der Waals surface area contributed by atoms with Crippen LogP contribution in [0.4, 0.5) is 0 Å². The molecule has 1 saturated carbocycles. The lowest BCUT2D eigenvalue weighted by atomic mass is 9.48. The zero-order chi connectivity index (χ0) is 20.3. The molecular formula is C22H31NO6. The molecular weight excluding hydrogens is 374 g/mol. The number of nitrogens with zero attached hydrogens (tertiary/aromatic N) is 1. The van der Waals surface area contributed by atoms with Gasteiger partial charge >= 0.3 is 11.9 Å². The Kier molecular flexibility index (Phi) is 3.55. The number of ether oxygens (including phenoxy) is 3. The monoisotopic (exact) mass is 405 g/mol. The zero-order valence-electron chi connectivity index (χ0n) is 17.4. The van der Waals surface area contributed by atoms with Gasteiger partial charge in [0.05, 0.1) is 17.9 Å². The molecule has 0 aromatic carbocycles. The summed E-state index contributed by atoms with van der Waals surface area (Å²) in [7, 11) is 0. The molecule has 1 N–H and O–H groups in total. The molecule has 2 bridgehead atoms. The van der Waals surface area contributed by atoms with E-state index in [1.54, 1.807) is 0 Å². The first kappa shape index (κ1) is 18.6. The molecule has 0 unspecified atom stereocenters. The Morgan fingerprint density at radius 1 is 1.14 bits per heavy atom. The molecule has 10 atom stereocenters. The van der Waals surface area contributed by atoms with Gasteiger partial charge < -0.3 is 19.3 Å².